The van der Waals surface area contributed by atoms with Crippen molar-refractivity contribution < 1.29 is 9.31 Å². The molecule has 118 valence electrons. The van der Waals surface area contributed by atoms with Gasteiger partial charge in [0.05, 0.1) is 11.0 Å². The molecule has 0 heterocycles. The molecule has 0 aromatic heterocycles. The fourth-order valence-corrected chi connectivity index (χ4v) is 2.29. The maximum Gasteiger partial charge on any atom is 0.295 e. The number of rotatable bonds is 11. The fraction of sp³-hybridized carbons (Fsp3) is 0.625. The summed E-state index contributed by atoms with van der Waals surface area (Å²) in [5.41, 5.74) is 0.193. The normalized spacial score (nSPS) is 10.6. The number of anilines is 1. The summed E-state index contributed by atoms with van der Waals surface area (Å²) in [6, 6.07) is 3.62. The highest BCUT2D eigenvalue weighted by atomic mass is 19.1. The molecule has 0 spiro atoms. The van der Waals surface area contributed by atoms with Crippen LogP contribution in [0, 0.1) is 15.9 Å². The lowest BCUT2D eigenvalue weighted by Crippen LogP contribution is -2.04. The number of hydrogen-bond acceptors (Lipinski definition) is 3. The molecule has 21 heavy (non-hydrogen) atoms. The molecule has 0 atom stereocenters. The van der Waals surface area contributed by atoms with E-state index in [1.807, 2.05) is 0 Å². The predicted molar refractivity (Wildman–Crippen MR) is 84.2 cm³/mol. The summed E-state index contributed by atoms with van der Waals surface area (Å²) < 4.78 is 13.0. The van der Waals surface area contributed by atoms with E-state index in [4.69, 9.17) is 0 Å². The second-order valence-electron chi connectivity index (χ2n) is 5.32. The Balaban J connectivity index is 2.20. The summed E-state index contributed by atoms with van der Waals surface area (Å²) in [5.74, 6) is -0.584. The first kappa shape index (κ1) is 17.4. The smallest absolute Gasteiger partial charge is 0.295 e. The maximum atomic E-state index is 13.0. The molecule has 0 aliphatic rings. The fourth-order valence-electron chi connectivity index (χ4n) is 2.29. The number of nitro benzene ring substituents is 1. The van der Waals surface area contributed by atoms with E-state index in [2.05, 4.69) is 12.2 Å². The van der Waals surface area contributed by atoms with E-state index in [0.717, 1.165) is 18.9 Å². The van der Waals surface area contributed by atoms with Gasteiger partial charge in [0.1, 0.15) is 11.5 Å². The van der Waals surface area contributed by atoms with Crippen LogP contribution in [0.2, 0.25) is 0 Å². The summed E-state index contributed by atoms with van der Waals surface area (Å²) in [6.45, 7) is 2.89. The van der Waals surface area contributed by atoms with Gasteiger partial charge < -0.3 is 5.32 Å². The number of nitrogens with zero attached hydrogens (tertiary/aromatic N) is 1. The summed E-state index contributed by atoms with van der Waals surface area (Å²) in [5, 5.41) is 13.9. The van der Waals surface area contributed by atoms with Crippen molar-refractivity contribution in [3.8, 4) is 0 Å². The molecule has 0 amide bonds. The Labute approximate surface area is 125 Å². The van der Waals surface area contributed by atoms with Crippen molar-refractivity contribution in [2.24, 2.45) is 0 Å². The summed E-state index contributed by atoms with van der Waals surface area (Å²) in [7, 11) is 0. The van der Waals surface area contributed by atoms with E-state index in [-0.39, 0.29) is 5.69 Å². The number of halogens is 1. The van der Waals surface area contributed by atoms with E-state index < -0.39 is 10.7 Å². The zero-order valence-electron chi connectivity index (χ0n) is 12.7. The first-order valence-corrected chi connectivity index (χ1v) is 7.83. The van der Waals surface area contributed by atoms with Gasteiger partial charge in [-0.05, 0) is 18.6 Å². The second-order valence-corrected chi connectivity index (χ2v) is 5.32. The van der Waals surface area contributed by atoms with Gasteiger partial charge in [0.15, 0.2) is 0 Å². The molecule has 0 bridgehead atoms. The lowest BCUT2D eigenvalue weighted by atomic mass is 10.1. The second kappa shape index (κ2) is 10.1. The number of hydrogen-bond donors (Lipinski definition) is 1. The third-order valence-electron chi connectivity index (χ3n) is 3.50. The van der Waals surface area contributed by atoms with Gasteiger partial charge in [-0.2, -0.15) is 0 Å². The minimum atomic E-state index is -0.584. The van der Waals surface area contributed by atoms with Crippen molar-refractivity contribution in [3.05, 3.63) is 34.1 Å². The molecule has 0 radical (unpaired) electrons. The molecule has 1 aromatic carbocycles. The van der Waals surface area contributed by atoms with Crippen LogP contribution in [0.1, 0.15) is 58.3 Å². The highest BCUT2D eigenvalue weighted by molar-refractivity contribution is 5.61. The highest BCUT2D eigenvalue weighted by Gasteiger charge is 2.13. The van der Waals surface area contributed by atoms with Gasteiger partial charge in [-0.15, -0.1) is 0 Å². The minimum absolute atomic E-state index is 0.199. The average Bonchev–Trinajstić information content (AvgIpc) is 2.46. The molecule has 1 aromatic rings. The van der Waals surface area contributed by atoms with Crippen LogP contribution in [0.4, 0.5) is 15.8 Å². The van der Waals surface area contributed by atoms with Gasteiger partial charge in [0.2, 0.25) is 0 Å². The van der Waals surface area contributed by atoms with Crippen molar-refractivity contribution in [2.45, 2.75) is 58.3 Å². The van der Waals surface area contributed by atoms with Crippen LogP contribution in [-0.2, 0) is 0 Å². The highest BCUT2D eigenvalue weighted by Crippen LogP contribution is 2.24. The van der Waals surface area contributed by atoms with E-state index in [1.165, 1.54) is 50.7 Å². The molecule has 1 rings (SSSR count). The lowest BCUT2D eigenvalue weighted by molar-refractivity contribution is -0.384. The lowest BCUT2D eigenvalue weighted by Gasteiger charge is -2.07. The quantitative estimate of drug-likeness (QED) is 0.343. The van der Waals surface area contributed by atoms with E-state index in [0.29, 0.717) is 12.2 Å². The standard InChI is InChI=1S/C16H25FN2O2/c1-2-3-4-5-6-7-8-9-12-18-15-11-10-14(17)13-16(15)19(20)21/h10-11,13,18H,2-9,12H2,1H3. The first-order valence-electron chi connectivity index (χ1n) is 7.83. The molecule has 0 aliphatic heterocycles. The SMILES string of the molecule is CCCCCCCCCCNc1ccc(F)cc1[N+](=O)[O-]. The molecular weight excluding hydrogens is 271 g/mol. The van der Waals surface area contributed by atoms with Crippen LogP contribution < -0.4 is 5.32 Å². The van der Waals surface area contributed by atoms with E-state index in [1.54, 1.807) is 0 Å². The average molecular weight is 296 g/mol. The zero-order valence-corrected chi connectivity index (χ0v) is 12.7. The van der Waals surface area contributed by atoms with Crippen molar-refractivity contribution >= 4 is 11.4 Å². The van der Waals surface area contributed by atoms with Gasteiger partial charge in [-0.25, -0.2) is 4.39 Å². The summed E-state index contributed by atoms with van der Waals surface area (Å²) in [4.78, 5) is 10.3. The Hall–Kier alpha value is -1.65. The summed E-state index contributed by atoms with van der Waals surface area (Å²) >= 11 is 0. The van der Waals surface area contributed by atoms with E-state index >= 15 is 0 Å². The van der Waals surface area contributed by atoms with Crippen LogP contribution in [0.15, 0.2) is 18.2 Å². The topological polar surface area (TPSA) is 55.2 Å². The van der Waals surface area contributed by atoms with Crippen LogP contribution in [0.5, 0.6) is 0 Å². The van der Waals surface area contributed by atoms with Crippen LogP contribution in [-0.4, -0.2) is 11.5 Å². The van der Waals surface area contributed by atoms with Crippen LogP contribution in [0.25, 0.3) is 0 Å². The van der Waals surface area contributed by atoms with Gasteiger partial charge in [0.25, 0.3) is 5.69 Å². The van der Waals surface area contributed by atoms with Crippen molar-refractivity contribution in [1.29, 1.82) is 0 Å². The zero-order chi connectivity index (χ0) is 15.5. The van der Waals surface area contributed by atoms with Gasteiger partial charge in [0, 0.05) is 6.54 Å². The summed E-state index contributed by atoms with van der Waals surface area (Å²) in [6.07, 6.45) is 9.75. The third-order valence-corrected chi connectivity index (χ3v) is 3.50. The van der Waals surface area contributed by atoms with Crippen molar-refractivity contribution in [3.63, 3.8) is 0 Å². The Kier molecular flexibility index (Phi) is 8.40. The monoisotopic (exact) mass is 296 g/mol. The number of nitrogens with one attached hydrogen (secondary N) is 1. The third kappa shape index (κ3) is 7.06. The van der Waals surface area contributed by atoms with E-state index in [9.17, 15) is 14.5 Å². The van der Waals surface area contributed by atoms with Crippen molar-refractivity contribution in [1.82, 2.24) is 0 Å². The van der Waals surface area contributed by atoms with Crippen LogP contribution >= 0.6 is 0 Å². The molecule has 0 saturated heterocycles. The Morgan fingerprint density at radius 1 is 1.10 bits per heavy atom. The minimum Gasteiger partial charge on any atom is -0.379 e. The van der Waals surface area contributed by atoms with Gasteiger partial charge in [-0.3, -0.25) is 10.1 Å². The molecule has 0 unspecified atom stereocenters. The first-order chi connectivity index (χ1) is 10.1. The molecular formula is C16H25FN2O2. The van der Waals surface area contributed by atoms with Gasteiger partial charge in [-0.1, -0.05) is 51.9 Å². The van der Waals surface area contributed by atoms with Crippen molar-refractivity contribution in [2.75, 3.05) is 11.9 Å². The molecule has 0 saturated carbocycles. The molecule has 0 fully saturated rings. The Bertz CT molecular complexity index is 438. The Morgan fingerprint density at radius 2 is 1.71 bits per heavy atom. The largest absolute Gasteiger partial charge is 0.379 e. The molecule has 0 aliphatic carbocycles. The number of unbranched alkanes of at least 4 members (excludes halogenated alkanes) is 7. The van der Waals surface area contributed by atoms with Gasteiger partial charge >= 0.3 is 0 Å². The molecule has 1 N–H and O–H groups in total. The maximum absolute atomic E-state index is 13.0. The number of benzene rings is 1. The molecule has 4 nitrogen and oxygen atoms in total. The Morgan fingerprint density at radius 3 is 2.33 bits per heavy atom. The molecule has 5 heteroatoms. The van der Waals surface area contributed by atoms with Crippen LogP contribution in [0.3, 0.4) is 0 Å². The number of nitro groups is 1. The predicted octanol–water partition coefficient (Wildman–Crippen LogP) is 5.29.